The quantitative estimate of drug-likeness (QED) is 0.415. The highest BCUT2D eigenvalue weighted by Gasteiger charge is 2.14. The van der Waals surface area contributed by atoms with Gasteiger partial charge in [-0.15, -0.1) is 0 Å². The molecule has 2 aromatic carbocycles. The van der Waals surface area contributed by atoms with Gasteiger partial charge in [-0.1, -0.05) is 55.5 Å². The van der Waals surface area contributed by atoms with Crippen LogP contribution in [0.2, 0.25) is 0 Å². The summed E-state index contributed by atoms with van der Waals surface area (Å²) < 4.78 is 2.21. The molecule has 0 bridgehead atoms. The molecule has 4 nitrogen and oxygen atoms in total. The van der Waals surface area contributed by atoms with Crippen LogP contribution >= 0.6 is 0 Å². The predicted molar refractivity (Wildman–Crippen MR) is 121 cm³/mol. The molecule has 0 atom stereocenters. The second-order valence-electron chi connectivity index (χ2n) is 7.47. The summed E-state index contributed by atoms with van der Waals surface area (Å²) in [7, 11) is 0. The Labute approximate surface area is 177 Å². The van der Waals surface area contributed by atoms with E-state index in [1.165, 1.54) is 0 Å². The van der Waals surface area contributed by atoms with Crippen molar-refractivity contribution < 1.29 is 0 Å². The Morgan fingerprint density at radius 3 is 2.50 bits per heavy atom. The van der Waals surface area contributed by atoms with Crippen molar-refractivity contribution in [3.63, 3.8) is 0 Å². The molecule has 4 heteroatoms. The molecule has 0 fully saturated rings. The predicted octanol–water partition coefficient (Wildman–Crippen LogP) is 5.61. The van der Waals surface area contributed by atoms with Crippen LogP contribution in [0.4, 0.5) is 0 Å². The third kappa shape index (κ3) is 3.75. The van der Waals surface area contributed by atoms with E-state index in [2.05, 4.69) is 48.7 Å². The molecule has 0 unspecified atom stereocenters. The third-order valence-electron chi connectivity index (χ3n) is 5.29. The number of fused-ring (bicyclic) bond motifs is 1. The zero-order chi connectivity index (χ0) is 21.1. The fourth-order valence-electron chi connectivity index (χ4n) is 3.92. The van der Waals surface area contributed by atoms with E-state index in [0.717, 1.165) is 56.9 Å². The second kappa shape index (κ2) is 8.34. The molecule has 0 aliphatic rings. The van der Waals surface area contributed by atoms with Crippen molar-refractivity contribution in [2.45, 2.75) is 33.7 Å². The summed E-state index contributed by atoms with van der Waals surface area (Å²) in [5.74, 6) is 1.03. The minimum absolute atomic E-state index is 0.692. The molecule has 4 rings (SSSR count). The highest BCUT2D eigenvalue weighted by molar-refractivity contribution is 5.81. The topological polar surface area (TPSA) is 54.5 Å². The van der Waals surface area contributed by atoms with Gasteiger partial charge in [0.05, 0.1) is 12.6 Å². The first-order valence-electron chi connectivity index (χ1n) is 10.2. The molecule has 0 spiro atoms. The van der Waals surface area contributed by atoms with Crippen molar-refractivity contribution in [3.05, 3.63) is 101 Å². The Balaban J connectivity index is 1.78. The number of allylic oxidation sites excluding steroid dienone is 1. The fraction of sp³-hybridized carbons (Fsp3) is 0.192. The molecular weight excluding hydrogens is 368 g/mol. The molecule has 0 amide bonds. The van der Waals surface area contributed by atoms with E-state index in [-0.39, 0.29) is 0 Å². The van der Waals surface area contributed by atoms with Gasteiger partial charge in [-0.3, -0.25) is 0 Å². The van der Waals surface area contributed by atoms with E-state index in [4.69, 9.17) is 9.97 Å². The minimum atomic E-state index is 0.692. The zero-order valence-electron chi connectivity index (χ0n) is 17.6. The third-order valence-corrected chi connectivity index (χ3v) is 5.29. The summed E-state index contributed by atoms with van der Waals surface area (Å²) in [6, 6.07) is 22.7. The number of pyridine rings is 1. The van der Waals surface area contributed by atoms with Gasteiger partial charge in [-0.2, -0.15) is 5.26 Å². The van der Waals surface area contributed by atoms with Crippen molar-refractivity contribution in [2.24, 2.45) is 0 Å². The molecule has 148 valence electrons. The largest absolute Gasteiger partial charge is 0.308 e. The molecule has 0 aliphatic heterocycles. The molecule has 4 aromatic rings. The minimum Gasteiger partial charge on any atom is -0.308 e. The van der Waals surface area contributed by atoms with Crippen molar-refractivity contribution in [3.8, 4) is 6.07 Å². The first-order valence-corrected chi connectivity index (χ1v) is 10.2. The molecule has 0 saturated carbocycles. The summed E-state index contributed by atoms with van der Waals surface area (Å²) in [4.78, 5) is 9.63. The fourth-order valence-corrected chi connectivity index (χ4v) is 3.92. The molecule has 0 aliphatic carbocycles. The first-order chi connectivity index (χ1) is 14.6. The maximum Gasteiger partial charge on any atom is 0.160 e. The molecule has 2 aromatic heterocycles. The van der Waals surface area contributed by atoms with Crippen LogP contribution in [0.3, 0.4) is 0 Å². The first kappa shape index (κ1) is 19.6. The van der Waals surface area contributed by atoms with Gasteiger partial charge in [-0.25, -0.2) is 9.97 Å². The van der Waals surface area contributed by atoms with Gasteiger partial charge in [0.1, 0.15) is 11.3 Å². The lowest BCUT2D eigenvalue weighted by atomic mass is 9.96. The summed E-state index contributed by atoms with van der Waals surface area (Å²) >= 11 is 0. The van der Waals surface area contributed by atoms with E-state index in [1.807, 2.05) is 43.3 Å². The van der Waals surface area contributed by atoms with Crippen molar-refractivity contribution in [1.82, 2.24) is 14.5 Å². The number of hydrogen-bond donors (Lipinski definition) is 0. The van der Waals surface area contributed by atoms with E-state index >= 15 is 0 Å². The van der Waals surface area contributed by atoms with Crippen LogP contribution in [-0.2, 0) is 13.0 Å². The summed E-state index contributed by atoms with van der Waals surface area (Å²) in [5.41, 5.74) is 8.21. The number of benzene rings is 2. The molecular formula is C26H24N4. The zero-order valence-corrected chi connectivity index (χ0v) is 17.6. The highest BCUT2D eigenvalue weighted by atomic mass is 15.1. The van der Waals surface area contributed by atoms with E-state index in [9.17, 15) is 5.26 Å². The maximum absolute atomic E-state index is 9.33. The van der Waals surface area contributed by atoms with Crippen molar-refractivity contribution >= 4 is 16.7 Å². The summed E-state index contributed by atoms with van der Waals surface area (Å²) in [6.07, 6.45) is 2.46. The van der Waals surface area contributed by atoms with E-state index < -0.39 is 0 Å². The lowest BCUT2D eigenvalue weighted by molar-refractivity contribution is 0.745. The molecule has 0 saturated heterocycles. The molecule has 2 heterocycles. The SMILES string of the molecule is CCc1nc2c(C)cc(C)nc2n1Cc1cccc(C(=CC#N)c2ccccc2)c1. The average molecular weight is 393 g/mol. The van der Waals surface area contributed by atoms with E-state index in [1.54, 1.807) is 6.08 Å². The lowest BCUT2D eigenvalue weighted by Gasteiger charge is -2.12. The number of imidazole rings is 1. The summed E-state index contributed by atoms with van der Waals surface area (Å²) in [6.45, 7) is 6.93. The van der Waals surface area contributed by atoms with Gasteiger partial charge >= 0.3 is 0 Å². The number of hydrogen-bond acceptors (Lipinski definition) is 3. The maximum atomic E-state index is 9.33. The Hall–Kier alpha value is -3.71. The molecule has 0 radical (unpaired) electrons. The van der Waals surface area contributed by atoms with Crippen LogP contribution in [0.25, 0.3) is 16.7 Å². The number of aryl methyl sites for hydroxylation is 3. The van der Waals surface area contributed by atoms with Crippen molar-refractivity contribution in [2.75, 3.05) is 0 Å². The monoisotopic (exact) mass is 392 g/mol. The van der Waals surface area contributed by atoms with Gasteiger partial charge in [0.15, 0.2) is 5.65 Å². The van der Waals surface area contributed by atoms with Gasteiger partial charge in [-0.05, 0) is 53.8 Å². The Morgan fingerprint density at radius 1 is 1.00 bits per heavy atom. The number of nitriles is 1. The van der Waals surface area contributed by atoms with Gasteiger partial charge < -0.3 is 4.57 Å². The lowest BCUT2D eigenvalue weighted by Crippen LogP contribution is -2.06. The Morgan fingerprint density at radius 2 is 1.77 bits per heavy atom. The smallest absolute Gasteiger partial charge is 0.160 e. The van der Waals surface area contributed by atoms with Crippen LogP contribution in [-0.4, -0.2) is 14.5 Å². The van der Waals surface area contributed by atoms with E-state index in [0.29, 0.717) is 6.54 Å². The number of aromatic nitrogens is 3. The van der Waals surface area contributed by atoms with Gasteiger partial charge in [0.2, 0.25) is 0 Å². The highest BCUT2D eigenvalue weighted by Crippen LogP contribution is 2.26. The number of nitrogens with zero attached hydrogens (tertiary/aromatic N) is 4. The molecule has 30 heavy (non-hydrogen) atoms. The van der Waals surface area contributed by atoms with Crippen LogP contribution in [0.1, 0.15) is 40.7 Å². The van der Waals surface area contributed by atoms with Crippen LogP contribution < -0.4 is 0 Å². The van der Waals surface area contributed by atoms with Crippen LogP contribution in [0.15, 0.2) is 66.7 Å². The van der Waals surface area contributed by atoms with Crippen LogP contribution in [0.5, 0.6) is 0 Å². The number of rotatable bonds is 5. The average Bonchev–Trinajstić information content (AvgIpc) is 3.10. The normalized spacial score (nSPS) is 11.6. The Bertz CT molecular complexity index is 1270. The van der Waals surface area contributed by atoms with Crippen LogP contribution in [0, 0.1) is 25.2 Å². The molecule has 0 N–H and O–H groups in total. The standard InChI is InChI=1S/C26H24N4/c1-4-24-29-25-18(2)15-19(3)28-26(25)30(24)17-20-9-8-12-22(16-20)23(13-14-27)21-10-6-5-7-11-21/h5-13,15-16H,4,17H2,1-3H3. The van der Waals surface area contributed by atoms with Gasteiger partial charge in [0.25, 0.3) is 0 Å². The van der Waals surface area contributed by atoms with Gasteiger partial charge in [0, 0.05) is 18.2 Å². The second-order valence-corrected chi connectivity index (χ2v) is 7.47. The Kier molecular flexibility index (Phi) is 5.45. The summed E-state index contributed by atoms with van der Waals surface area (Å²) in [5, 5.41) is 9.33. The van der Waals surface area contributed by atoms with Crippen molar-refractivity contribution in [1.29, 1.82) is 5.26 Å².